The molecule has 0 radical (unpaired) electrons. The summed E-state index contributed by atoms with van der Waals surface area (Å²) in [5, 5.41) is 16.4. The fourth-order valence-electron chi connectivity index (χ4n) is 2.67. The third kappa shape index (κ3) is 4.03. The lowest BCUT2D eigenvalue weighted by molar-refractivity contribution is -0.384. The van der Waals surface area contributed by atoms with Crippen LogP contribution in [0.1, 0.15) is 5.56 Å². The molecule has 0 spiro atoms. The van der Waals surface area contributed by atoms with Crippen LogP contribution < -0.4 is 15.5 Å². The highest BCUT2D eigenvalue weighted by Crippen LogP contribution is 2.22. The first-order chi connectivity index (χ1) is 12.0. The van der Waals surface area contributed by atoms with Crippen molar-refractivity contribution in [2.75, 3.05) is 29.9 Å². The van der Waals surface area contributed by atoms with E-state index in [-0.39, 0.29) is 24.0 Å². The predicted molar refractivity (Wildman–Crippen MR) is 92.0 cm³/mol. The van der Waals surface area contributed by atoms with Crippen LogP contribution in [0, 0.1) is 15.9 Å². The van der Waals surface area contributed by atoms with Crippen molar-refractivity contribution in [2.24, 2.45) is 0 Å². The molecule has 1 aliphatic rings. The number of anilines is 2. The second kappa shape index (κ2) is 7.16. The number of piperazine rings is 1. The molecule has 1 amide bonds. The lowest BCUT2D eigenvalue weighted by Gasteiger charge is -2.29. The minimum atomic E-state index is -0.460. The Hall–Kier alpha value is -3.16. The molecule has 1 aliphatic heterocycles. The molecule has 0 unspecified atom stereocenters. The van der Waals surface area contributed by atoms with Crippen molar-refractivity contribution >= 4 is 23.0 Å². The Bertz CT molecular complexity index is 795. The van der Waals surface area contributed by atoms with E-state index in [4.69, 9.17) is 0 Å². The summed E-state index contributed by atoms with van der Waals surface area (Å²) in [6.45, 7) is 1.61. The summed E-state index contributed by atoms with van der Waals surface area (Å²) in [5.41, 5.74) is 1.88. The summed E-state index contributed by atoms with van der Waals surface area (Å²) in [4.78, 5) is 23.3. The Labute approximate surface area is 143 Å². The molecule has 1 saturated heterocycles. The van der Waals surface area contributed by atoms with Crippen molar-refractivity contribution in [3.8, 4) is 0 Å². The minimum absolute atomic E-state index is 0.0199. The standard InChI is InChI=1S/C17H17FN4O3/c18-15-9-12(1-6-16(15)21-8-7-19-17(23)11-21)10-20-13-2-4-14(5-3-13)22(24)25/h1-6,9,20H,7-8,10-11H2,(H,19,23). The number of benzene rings is 2. The summed E-state index contributed by atoms with van der Waals surface area (Å²) < 4.78 is 14.4. The van der Waals surface area contributed by atoms with Gasteiger partial charge in [-0.3, -0.25) is 14.9 Å². The molecule has 0 saturated carbocycles. The summed E-state index contributed by atoms with van der Waals surface area (Å²) in [5.74, 6) is -0.493. The van der Waals surface area contributed by atoms with Crippen LogP contribution in [-0.4, -0.2) is 30.5 Å². The molecule has 8 heteroatoms. The highest BCUT2D eigenvalue weighted by atomic mass is 19.1. The summed E-state index contributed by atoms with van der Waals surface area (Å²) >= 11 is 0. The maximum atomic E-state index is 14.4. The molecule has 2 N–H and O–H groups in total. The van der Waals surface area contributed by atoms with Crippen molar-refractivity contribution in [1.82, 2.24) is 5.32 Å². The van der Waals surface area contributed by atoms with Gasteiger partial charge in [0.1, 0.15) is 5.82 Å². The van der Waals surface area contributed by atoms with Crippen LogP contribution in [0.2, 0.25) is 0 Å². The van der Waals surface area contributed by atoms with Gasteiger partial charge in [0.2, 0.25) is 5.91 Å². The van der Waals surface area contributed by atoms with Crippen LogP contribution in [0.25, 0.3) is 0 Å². The van der Waals surface area contributed by atoms with Gasteiger partial charge in [-0.1, -0.05) is 6.07 Å². The van der Waals surface area contributed by atoms with Crippen LogP contribution in [-0.2, 0) is 11.3 Å². The third-order valence-corrected chi connectivity index (χ3v) is 3.97. The topological polar surface area (TPSA) is 87.5 Å². The second-order valence-corrected chi connectivity index (χ2v) is 5.71. The van der Waals surface area contributed by atoms with Crippen molar-refractivity contribution < 1.29 is 14.1 Å². The summed E-state index contributed by atoms with van der Waals surface area (Å²) in [6, 6.07) is 10.9. The normalized spacial score (nSPS) is 14.1. The van der Waals surface area contributed by atoms with Gasteiger partial charge in [-0.15, -0.1) is 0 Å². The number of rotatable bonds is 5. The molecule has 3 rings (SSSR count). The molecule has 25 heavy (non-hydrogen) atoms. The highest BCUT2D eigenvalue weighted by Gasteiger charge is 2.19. The maximum absolute atomic E-state index is 14.4. The Morgan fingerprint density at radius 1 is 1.24 bits per heavy atom. The number of halogens is 1. The van der Waals surface area contributed by atoms with Gasteiger partial charge < -0.3 is 15.5 Å². The number of hydrogen-bond acceptors (Lipinski definition) is 5. The van der Waals surface area contributed by atoms with E-state index >= 15 is 0 Å². The number of nitrogens with zero attached hydrogens (tertiary/aromatic N) is 2. The minimum Gasteiger partial charge on any atom is -0.381 e. The van der Waals surface area contributed by atoms with Crippen LogP contribution >= 0.6 is 0 Å². The molecule has 1 fully saturated rings. The molecule has 0 atom stereocenters. The van der Waals surface area contributed by atoms with Gasteiger partial charge in [0, 0.05) is 37.5 Å². The van der Waals surface area contributed by atoms with Gasteiger partial charge in [-0.05, 0) is 29.8 Å². The highest BCUT2D eigenvalue weighted by molar-refractivity contribution is 5.82. The number of nitro benzene ring substituents is 1. The second-order valence-electron chi connectivity index (χ2n) is 5.71. The zero-order valence-electron chi connectivity index (χ0n) is 13.4. The average molecular weight is 344 g/mol. The lowest BCUT2D eigenvalue weighted by atomic mass is 10.1. The van der Waals surface area contributed by atoms with Gasteiger partial charge >= 0.3 is 0 Å². The number of nitro groups is 1. The fraction of sp³-hybridized carbons (Fsp3) is 0.235. The summed E-state index contributed by atoms with van der Waals surface area (Å²) in [7, 11) is 0. The fourth-order valence-corrected chi connectivity index (χ4v) is 2.67. The van der Waals surface area contributed by atoms with Gasteiger partial charge in [0.15, 0.2) is 0 Å². The molecule has 2 aromatic carbocycles. The quantitative estimate of drug-likeness (QED) is 0.642. The molecule has 0 aliphatic carbocycles. The van der Waals surface area contributed by atoms with E-state index in [0.29, 0.717) is 31.0 Å². The van der Waals surface area contributed by atoms with Crippen molar-refractivity contribution in [3.05, 3.63) is 64.0 Å². The van der Waals surface area contributed by atoms with Crippen molar-refractivity contribution in [3.63, 3.8) is 0 Å². The maximum Gasteiger partial charge on any atom is 0.269 e. The van der Waals surface area contributed by atoms with Crippen LogP contribution in [0.15, 0.2) is 42.5 Å². The summed E-state index contributed by atoms with van der Waals surface area (Å²) in [6.07, 6.45) is 0. The number of hydrogen-bond donors (Lipinski definition) is 2. The van der Waals surface area contributed by atoms with Gasteiger partial charge in [-0.2, -0.15) is 0 Å². The molecule has 130 valence electrons. The Morgan fingerprint density at radius 2 is 2.00 bits per heavy atom. The van der Waals surface area contributed by atoms with E-state index < -0.39 is 4.92 Å². The number of carbonyl (C=O) groups excluding carboxylic acids is 1. The van der Waals surface area contributed by atoms with E-state index in [2.05, 4.69) is 10.6 Å². The number of nitrogens with one attached hydrogen (secondary N) is 2. The smallest absolute Gasteiger partial charge is 0.269 e. The van der Waals surface area contributed by atoms with E-state index in [1.54, 1.807) is 29.2 Å². The Kier molecular flexibility index (Phi) is 4.78. The SMILES string of the molecule is O=C1CN(c2ccc(CNc3ccc([N+](=O)[O-])cc3)cc2F)CCN1. The van der Waals surface area contributed by atoms with Gasteiger partial charge in [-0.25, -0.2) is 4.39 Å². The van der Waals surface area contributed by atoms with Crippen LogP contribution in [0.3, 0.4) is 0 Å². The Balaban J connectivity index is 1.64. The van der Waals surface area contributed by atoms with Gasteiger partial charge in [0.25, 0.3) is 5.69 Å². The Morgan fingerprint density at radius 3 is 2.64 bits per heavy atom. The van der Waals surface area contributed by atoms with Crippen molar-refractivity contribution in [1.29, 1.82) is 0 Å². The first-order valence-corrected chi connectivity index (χ1v) is 7.81. The zero-order valence-corrected chi connectivity index (χ0v) is 13.4. The lowest BCUT2D eigenvalue weighted by Crippen LogP contribution is -2.48. The number of amides is 1. The van der Waals surface area contributed by atoms with Crippen LogP contribution in [0.5, 0.6) is 0 Å². The average Bonchev–Trinajstić information content (AvgIpc) is 2.60. The molecular weight excluding hydrogens is 327 g/mol. The van der Waals surface area contributed by atoms with Crippen LogP contribution in [0.4, 0.5) is 21.5 Å². The van der Waals surface area contributed by atoms with E-state index in [0.717, 1.165) is 5.56 Å². The molecule has 7 nitrogen and oxygen atoms in total. The zero-order chi connectivity index (χ0) is 17.8. The predicted octanol–water partition coefficient (Wildman–Crippen LogP) is 2.28. The first-order valence-electron chi connectivity index (χ1n) is 7.81. The monoisotopic (exact) mass is 344 g/mol. The number of carbonyl (C=O) groups is 1. The molecule has 0 bridgehead atoms. The van der Waals surface area contributed by atoms with E-state index in [9.17, 15) is 19.3 Å². The molecule has 0 aromatic heterocycles. The molecule has 2 aromatic rings. The molecular formula is C17H17FN4O3. The first kappa shape index (κ1) is 16.7. The number of non-ortho nitro benzene ring substituents is 1. The molecule has 1 heterocycles. The van der Waals surface area contributed by atoms with E-state index in [1.165, 1.54) is 18.2 Å². The van der Waals surface area contributed by atoms with E-state index in [1.807, 2.05) is 0 Å². The van der Waals surface area contributed by atoms with Crippen molar-refractivity contribution in [2.45, 2.75) is 6.54 Å². The largest absolute Gasteiger partial charge is 0.381 e. The van der Waals surface area contributed by atoms with Gasteiger partial charge in [0.05, 0.1) is 17.2 Å². The third-order valence-electron chi connectivity index (χ3n) is 3.97.